The Labute approximate surface area is 223 Å². The molecule has 6 rings (SSSR count). The average molecular weight is 561 g/mol. The van der Waals surface area contributed by atoms with Crippen molar-refractivity contribution in [2.75, 3.05) is 0 Å². The smallest absolute Gasteiger partial charge is 0.423 e. The number of nitrogens with zero attached hydrogens (tertiary/aromatic N) is 2. The lowest BCUT2D eigenvalue weighted by Gasteiger charge is -2.31. The van der Waals surface area contributed by atoms with Crippen molar-refractivity contribution < 1.29 is 42.1 Å². The molecule has 4 heterocycles. The van der Waals surface area contributed by atoms with Gasteiger partial charge < -0.3 is 24.8 Å². The van der Waals surface area contributed by atoms with Crippen LogP contribution in [0, 0.1) is 12.7 Å². The van der Waals surface area contributed by atoms with Crippen LogP contribution >= 0.6 is 0 Å². The number of alkyl halides is 3. The standard InChI is InChI=1S/C27H23F4N3O6/c1-3-26(39)14-6-18-21-12(8-34(18)24(37)13(14)9-40-25(26)38)20-16(33-23(36)22(35)27(29,30)31)5-4-11-10(2)15(28)7-17(32-21)19(11)20/h6-7,16,22,35,39H,3-5,8-9H2,1-2H3,(H,33,36)/t16-,22-,26-/m0/s1. The summed E-state index contributed by atoms with van der Waals surface area (Å²) in [5, 5.41) is 23.4. The van der Waals surface area contributed by atoms with E-state index in [-0.39, 0.29) is 60.4 Å². The number of rotatable bonds is 3. The largest absolute Gasteiger partial charge is 0.458 e. The molecule has 0 saturated carbocycles. The van der Waals surface area contributed by atoms with Crippen LogP contribution in [-0.4, -0.2) is 43.9 Å². The number of aryl methyl sites for hydroxylation is 1. The summed E-state index contributed by atoms with van der Waals surface area (Å²) in [6.07, 6.45) is -8.16. The van der Waals surface area contributed by atoms with Crippen molar-refractivity contribution in [3.05, 3.63) is 61.7 Å². The molecule has 0 bridgehead atoms. The minimum atomic E-state index is -5.18. The van der Waals surface area contributed by atoms with Crippen molar-refractivity contribution >= 4 is 22.8 Å². The lowest BCUT2D eigenvalue weighted by Crippen LogP contribution is -2.45. The van der Waals surface area contributed by atoms with E-state index in [1.54, 1.807) is 13.8 Å². The Morgan fingerprint density at radius 1 is 1.27 bits per heavy atom. The van der Waals surface area contributed by atoms with Gasteiger partial charge in [-0.3, -0.25) is 9.59 Å². The van der Waals surface area contributed by atoms with Crippen LogP contribution < -0.4 is 10.9 Å². The van der Waals surface area contributed by atoms with Gasteiger partial charge in [0, 0.05) is 22.6 Å². The van der Waals surface area contributed by atoms with Gasteiger partial charge in [0.2, 0.25) is 6.10 Å². The molecule has 13 heteroatoms. The minimum absolute atomic E-state index is 0.0693. The van der Waals surface area contributed by atoms with Crippen molar-refractivity contribution in [1.29, 1.82) is 0 Å². The second-order valence-corrected chi connectivity index (χ2v) is 10.4. The number of ether oxygens (including phenoxy) is 1. The minimum Gasteiger partial charge on any atom is -0.458 e. The van der Waals surface area contributed by atoms with Crippen LogP contribution in [0.15, 0.2) is 16.9 Å². The van der Waals surface area contributed by atoms with Crippen LogP contribution in [-0.2, 0) is 39.5 Å². The number of amides is 1. The summed E-state index contributed by atoms with van der Waals surface area (Å²) in [6, 6.07) is 1.65. The summed E-state index contributed by atoms with van der Waals surface area (Å²) in [6.45, 7) is 2.71. The Balaban J connectivity index is 1.60. The number of benzene rings is 1. The zero-order chi connectivity index (χ0) is 28.9. The van der Waals surface area contributed by atoms with Gasteiger partial charge >= 0.3 is 12.1 Å². The van der Waals surface area contributed by atoms with E-state index in [2.05, 4.69) is 10.3 Å². The number of aliphatic hydroxyl groups is 2. The quantitative estimate of drug-likeness (QED) is 0.259. The molecule has 1 aliphatic carbocycles. The van der Waals surface area contributed by atoms with Gasteiger partial charge in [0.1, 0.15) is 12.4 Å². The molecule has 40 heavy (non-hydrogen) atoms. The summed E-state index contributed by atoms with van der Waals surface area (Å²) >= 11 is 0. The van der Waals surface area contributed by atoms with Gasteiger partial charge in [-0.2, -0.15) is 13.2 Å². The fourth-order valence-corrected chi connectivity index (χ4v) is 6.10. The Morgan fingerprint density at radius 2 is 2.00 bits per heavy atom. The first-order valence-electron chi connectivity index (χ1n) is 12.6. The predicted octanol–water partition coefficient (Wildman–Crippen LogP) is 2.55. The topological polar surface area (TPSA) is 131 Å². The normalized spacial score (nSPS) is 21.9. The van der Waals surface area contributed by atoms with Gasteiger partial charge in [-0.15, -0.1) is 0 Å². The summed E-state index contributed by atoms with van der Waals surface area (Å²) in [5.41, 5.74) is -0.122. The number of aromatic nitrogens is 2. The molecule has 1 aromatic carbocycles. The highest BCUT2D eigenvalue weighted by molar-refractivity contribution is 5.94. The van der Waals surface area contributed by atoms with E-state index in [9.17, 15) is 42.2 Å². The highest BCUT2D eigenvalue weighted by atomic mass is 19.4. The van der Waals surface area contributed by atoms with E-state index in [0.29, 0.717) is 27.6 Å². The van der Waals surface area contributed by atoms with E-state index in [0.717, 1.165) is 0 Å². The van der Waals surface area contributed by atoms with Gasteiger partial charge in [-0.1, -0.05) is 6.92 Å². The monoisotopic (exact) mass is 561 g/mol. The zero-order valence-electron chi connectivity index (χ0n) is 21.3. The number of nitrogens with one attached hydrogen (secondary N) is 1. The number of pyridine rings is 2. The molecule has 3 atom stereocenters. The van der Waals surface area contributed by atoms with Crippen LogP contribution in [0.4, 0.5) is 17.6 Å². The van der Waals surface area contributed by atoms with Crippen LogP contribution in [0.5, 0.6) is 0 Å². The molecular formula is C27H23F4N3O6. The first-order valence-corrected chi connectivity index (χ1v) is 12.6. The molecule has 3 N–H and O–H groups in total. The van der Waals surface area contributed by atoms with E-state index in [1.165, 1.54) is 16.7 Å². The first-order chi connectivity index (χ1) is 18.8. The Hall–Kier alpha value is -3.84. The van der Waals surface area contributed by atoms with Crippen LogP contribution in [0.3, 0.4) is 0 Å². The highest BCUT2D eigenvalue weighted by Crippen LogP contribution is 2.46. The van der Waals surface area contributed by atoms with Gasteiger partial charge in [0.05, 0.1) is 35.1 Å². The van der Waals surface area contributed by atoms with E-state index in [1.807, 2.05) is 0 Å². The Morgan fingerprint density at radius 3 is 2.67 bits per heavy atom. The molecule has 2 aromatic heterocycles. The van der Waals surface area contributed by atoms with Crippen LogP contribution in [0.25, 0.3) is 22.3 Å². The third-order valence-corrected chi connectivity index (χ3v) is 8.25. The van der Waals surface area contributed by atoms with E-state index >= 15 is 0 Å². The predicted molar refractivity (Wildman–Crippen MR) is 130 cm³/mol. The number of cyclic esters (lactones) is 1. The lowest BCUT2D eigenvalue weighted by atomic mass is 9.81. The molecule has 9 nitrogen and oxygen atoms in total. The fourth-order valence-electron chi connectivity index (χ4n) is 6.10. The zero-order valence-corrected chi connectivity index (χ0v) is 21.3. The molecule has 1 amide bonds. The number of hydrogen-bond acceptors (Lipinski definition) is 7. The maximum Gasteiger partial charge on any atom is 0.423 e. The number of carbonyl (C=O) groups is 2. The third kappa shape index (κ3) is 3.53. The molecule has 3 aliphatic rings. The number of hydrogen-bond donors (Lipinski definition) is 3. The van der Waals surface area contributed by atoms with Crippen molar-refractivity contribution in [1.82, 2.24) is 14.9 Å². The average Bonchev–Trinajstić information content (AvgIpc) is 3.27. The van der Waals surface area contributed by atoms with Gasteiger partial charge in [0.25, 0.3) is 11.5 Å². The second-order valence-electron chi connectivity index (χ2n) is 10.4. The van der Waals surface area contributed by atoms with Gasteiger partial charge in [0.15, 0.2) is 5.60 Å². The number of fused-ring (bicyclic) bond motifs is 5. The first kappa shape index (κ1) is 26.4. The molecule has 0 fully saturated rings. The summed E-state index contributed by atoms with van der Waals surface area (Å²) in [5.74, 6) is -3.08. The van der Waals surface area contributed by atoms with Gasteiger partial charge in [-0.25, -0.2) is 14.2 Å². The van der Waals surface area contributed by atoms with E-state index < -0.39 is 47.2 Å². The molecule has 0 spiro atoms. The van der Waals surface area contributed by atoms with Crippen molar-refractivity contribution in [2.45, 2.75) is 70.2 Å². The summed E-state index contributed by atoms with van der Waals surface area (Å²) in [4.78, 5) is 43.1. The van der Waals surface area contributed by atoms with Crippen molar-refractivity contribution in [3.8, 4) is 11.4 Å². The molecule has 0 radical (unpaired) electrons. The fraction of sp³-hybridized carbons (Fsp3) is 0.407. The summed E-state index contributed by atoms with van der Waals surface area (Å²) in [7, 11) is 0. The van der Waals surface area contributed by atoms with Crippen molar-refractivity contribution in [3.63, 3.8) is 0 Å². The maximum atomic E-state index is 14.9. The molecule has 0 saturated heterocycles. The molecule has 2 aliphatic heterocycles. The molecular weight excluding hydrogens is 538 g/mol. The SMILES string of the molecule is CC[C@@]1(O)C(=O)OCc2c1cc1n(c2=O)Cc2c-1nc1cc(F)c(C)c3c1c2[C@@H](NC(=O)[C@H](O)C(F)(F)F)CC3. The third-order valence-electron chi connectivity index (χ3n) is 8.25. The second kappa shape index (κ2) is 8.58. The molecule has 3 aromatic rings. The number of esters is 1. The van der Waals surface area contributed by atoms with E-state index in [4.69, 9.17) is 4.74 Å². The lowest BCUT2D eigenvalue weighted by molar-refractivity contribution is -0.205. The maximum absolute atomic E-state index is 14.9. The highest BCUT2D eigenvalue weighted by Gasteiger charge is 2.47. The van der Waals surface area contributed by atoms with Crippen LogP contribution in [0.1, 0.15) is 59.2 Å². The Bertz CT molecular complexity index is 1720. The number of carbonyl (C=O) groups excluding carboxylic acids is 2. The van der Waals surface area contributed by atoms with Gasteiger partial charge in [-0.05, 0) is 48.9 Å². The number of halogens is 4. The number of aliphatic hydroxyl groups excluding tert-OH is 1. The Kier molecular flexibility index (Phi) is 5.66. The van der Waals surface area contributed by atoms with Crippen molar-refractivity contribution in [2.24, 2.45) is 0 Å². The summed E-state index contributed by atoms with van der Waals surface area (Å²) < 4.78 is 60.6. The molecule has 210 valence electrons. The molecule has 0 unspecified atom stereocenters. The van der Waals surface area contributed by atoms with Crippen LogP contribution in [0.2, 0.25) is 0 Å².